The molecule has 146 valence electrons. The number of thiazole rings is 1. The third-order valence-corrected chi connectivity index (χ3v) is 5.71. The number of amides is 1. The number of nitrogens with one attached hydrogen (secondary N) is 1. The average molecular weight is 403 g/mol. The number of anilines is 1. The number of ether oxygens (including phenoxy) is 1. The fraction of sp³-hybridized carbons (Fsp3) is 0.167. The molecular formula is C24H22N2O2S. The molecule has 4 rings (SSSR count). The highest BCUT2D eigenvalue weighted by Gasteiger charge is 2.15. The number of nitrogens with zero attached hydrogens (tertiary/aromatic N) is 1. The summed E-state index contributed by atoms with van der Waals surface area (Å²) in [6.45, 7) is 5.84. The van der Waals surface area contributed by atoms with Gasteiger partial charge in [0.05, 0.1) is 10.2 Å². The number of carbonyl (C=O) groups excluding carboxylic acids is 1. The Hall–Kier alpha value is -3.18. The lowest BCUT2D eigenvalue weighted by molar-refractivity contribution is -0.122. The van der Waals surface area contributed by atoms with Crippen LogP contribution in [0, 0.1) is 13.8 Å². The molecule has 1 N–H and O–H groups in total. The van der Waals surface area contributed by atoms with Crippen molar-refractivity contribution in [2.45, 2.75) is 26.9 Å². The summed E-state index contributed by atoms with van der Waals surface area (Å²) in [6.07, 6.45) is -0.593. The Morgan fingerprint density at radius 1 is 0.966 bits per heavy atom. The number of aromatic nitrogens is 1. The van der Waals surface area contributed by atoms with Crippen molar-refractivity contribution in [2.75, 3.05) is 5.32 Å². The van der Waals surface area contributed by atoms with Crippen LogP contribution >= 0.6 is 11.3 Å². The molecule has 5 heteroatoms. The van der Waals surface area contributed by atoms with Crippen LogP contribution in [0.1, 0.15) is 18.1 Å². The van der Waals surface area contributed by atoms with E-state index in [1.165, 1.54) is 10.3 Å². The smallest absolute Gasteiger partial charge is 0.265 e. The van der Waals surface area contributed by atoms with Crippen LogP contribution in [0.3, 0.4) is 0 Å². The molecule has 0 saturated heterocycles. The number of benzene rings is 3. The first-order valence-electron chi connectivity index (χ1n) is 9.50. The summed E-state index contributed by atoms with van der Waals surface area (Å²) in [6, 6.07) is 21.7. The minimum Gasteiger partial charge on any atom is -0.481 e. The lowest BCUT2D eigenvalue weighted by atomic mass is 10.2. The van der Waals surface area contributed by atoms with Gasteiger partial charge >= 0.3 is 0 Å². The van der Waals surface area contributed by atoms with Crippen LogP contribution in [0.2, 0.25) is 0 Å². The van der Waals surface area contributed by atoms with Gasteiger partial charge in [0.15, 0.2) is 6.10 Å². The van der Waals surface area contributed by atoms with Crippen molar-refractivity contribution >= 4 is 33.1 Å². The van der Waals surface area contributed by atoms with Gasteiger partial charge in [0, 0.05) is 11.3 Å². The second-order valence-corrected chi connectivity index (χ2v) is 8.16. The lowest BCUT2D eigenvalue weighted by Gasteiger charge is -2.15. The van der Waals surface area contributed by atoms with Crippen molar-refractivity contribution in [3.8, 4) is 16.3 Å². The van der Waals surface area contributed by atoms with Crippen LogP contribution in [0.4, 0.5) is 5.69 Å². The van der Waals surface area contributed by atoms with Crippen molar-refractivity contribution < 1.29 is 9.53 Å². The standard InChI is InChI=1S/C24H22N2O2S/c1-15-4-11-20(12-5-15)28-17(3)23(27)25-19-9-7-18(8-10-19)24-26-21-13-6-16(2)14-22(21)29-24/h4-14,17H,1-3H3,(H,25,27). The normalized spacial score (nSPS) is 12.0. The van der Waals surface area contributed by atoms with Gasteiger partial charge < -0.3 is 10.1 Å². The van der Waals surface area contributed by atoms with E-state index in [1.54, 1.807) is 18.3 Å². The van der Waals surface area contributed by atoms with Gasteiger partial charge in [0.1, 0.15) is 10.8 Å². The highest BCUT2D eigenvalue weighted by atomic mass is 32.1. The number of fused-ring (bicyclic) bond motifs is 1. The maximum atomic E-state index is 12.4. The van der Waals surface area contributed by atoms with E-state index in [4.69, 9.17) is 9.72 Å². The fourth-order valence-corrected chi connectivity index (χ4v) is 4.04. The monoisotopic (exact) mass is 402 g/mol. The van der Waals surface area contributed by atoms with E-state index in [-0.39, 0.29) is 5.91 Å². The summed E-state index contributed by atoms with van der Waals surface area (Å²) < 4.78 is 6.90. The Morgan fingerprint density at radius 3 is 2.38 bits per heavy atom. The Morgan fingerprint density at radius 2 is 1.66 bits per heavy atom. The number of carbonyl (C=O) groups is 1. The predicted molar refractivity (Wildman–Crippen MR) is 120 cm³/mol. The Kier molecular flexibility index (Phi) is 5.32. The Bertz CT molecular complexity index is 1150. The first-order valence-corrected chi connectivity index (χ1v) is 10.3. The largest absolute Gasteiger partial charge is 0.481 e. The van der Waals surface area contributed by atoms with Crippen LogP contribution in [-0.4, -0.2) is 17.0 Å². The highest BCUT2D eigenvalue weighted by Crippen LogP contribution is 2.31. The van der Waals surface area contributed by atoms with Crippen LogP contribution in [0.15, 0.2) is 66.7 Å². The van der Waals surface area contributed by atoms with Crippen molar-refractivity contribution in [3.05, 3.63) is 77.9 Å². The summed E-state index contributed by atoms with van der Waals surface area (Å²) in [5.41, 5.74) is 5.15. The third kappa shape index (κ3) is 4.46. The molecule has 1 aromatic heterocycles. The molecule has 0 saturated carbocycles. The summed E-state index contributed by atoms with van der Waals surface area (Å²) in [5.74, 6) is 0.494. The minimum absolute atomic E-state index is 0.186. The molecule has 0 bridgehead atoms. The molecule has 1 unspecified atom stereocenters. The van der Waals surface area contributed by atoms with E-state index in [0.29, 0.717) is 5.75 Å². The van der Waals surface area contributed by atoms with E-state index in [9.17, 15) is 4.79 Å². The minimum atomic E-state index is -0.593. The van der Waals surface area contributed by atoms with Crippen molar-refractivity contribution in [3.63, 3.8) is 0 Å². The van der Waals surface area contributed by atoms with Crippen LogP contribution in [0.25, 0.3) is 20.8 Å². The predicted octanol–water partition coefficient (Wildman–Crippen LogP) is 5.99. The van der Waals surface area contributed by atoms with Crippen molar-refractivity contribution in [2.24, 2.45) is 0 Å². The summed E-state index contributed by atoms with van der Waals surface area (Å²) in [7, 11) is 0. The van der Waals surface area contributed by atoms with Gasteiger partial charge in [-0.3, -0.25) is 4.79 Å². The molecule has 1 atom stereocenters. The number of hydrogen-bond donors (Lipinski definition) is 1. The maximum Gasteiger partial charge on any atom is 0.265 e. The van der Waals surface area contributed by atoms with Gasteiger partial charge in [-0.05, 0) is 74.9 Å². The van der Waals surface area contributed by atoms with Gasteiger partial charge in [-0.15, -0.1) is 11.3 Å². The SMILES string of the molecule is Cc1ccc(OC(C)C(=O)Nc2ccc(-c3nc4ccc(C)cc4s3)cc2)cc1. The molecule has 1 heterocycles. The van der Waals surface area contributed by atoms with Crippen molar-refractivity contribution in [1.29, 1.82) is 0 Å². The van der Waals surface area contributed by atoms with Crippen LogP contribution in [-0.2, 0) is 4.79 Å². The molecule has 29 heavy (non-hydrogen) atoms. The van der Waals surface area contributed by atoms with Gasteiger partial charge in [-0.2, -0.15) is 0 Å². The molecule has 0 aliphatic carbocycles. The van der Waals surface area contributed by atoms with E-state index < -0.39 is 6.10 Å². The number of hydrogen-bond acceptors (Lipinski definition) is 4. The van der Waals surface area contributed by atoms with E-state index >= 15 is 0 Å². The second kappa shape index (κ2) is 8.05. The molecule has 0 spiro atoms. The molecule has 1 amide bonds. The van der Waals surface area contributed by atoms with Gasteiger partial charge in [0.2, 0.25) is 0 Å². The Labute approximate surface area is 174 Å². The summed E-state index contributed by atoms with van der Waals surface area (Å²) >= 11 is 1.67. The first-order chi connectivity index (χ1) is 14.0. The van der Waals surface area contributed by atoms with Crippen molar-refractivity contribution in [1.82, 2.24) is 4.98 Å². The number of rotatable bonds is 5. The summed E-state index contributed by atoms with van der Waals surface area (Å²) in [4.78, 5) is 17.1. The van der Waals surface area contributed by atoms with Gasteiger partial charge in [-0.25, -0.2) is 4.98 Å². The van der Waals surface area contributed by atoms with Gasteiger partial charge in [-0.1, -0.05) is 23.8 Å². The highest BCUT2D eigenvalue weighted by molar-refractivity contribution is 7.21. The third-order valence-electron chi connectivity index (χ3n) is 4.65. The summed E-state index contributed by atoms with van der Waals surface area (Å²) in [5, 5.41) is 3.88. The lowest BCUT2D eigenvalue weighted by Crippen LogP contribution is -2.30. The maximum absolute atomic E-state index is 12.4. The zero-order chi connectivity index (χ0) is 20.4. The molecule has 0 radical (unpaired) electrons. The quantitative estimate of drug-likeness (QED) is 0.446. The fourth-order valence-electron chi connectivity index (χ4n) is 2.97. The molecule has 0 fully saturated rings. The number of aryl methyl sites for hydroxylation is 2. The van der Waals surface area contributed by atoms with Crippen LogP contribution in [0.5, 0.6) is 5.75 Å². The molecule has 3 aromatic carbocycles. The topological polar surface area (TPSA) is 51.2 Å². The molecule has 4 nitrogen and oxygen atoms in total. The average Bonchev–Trinajstić information content (AvgIpc) is 3.13. The Balaban J connectivity index is 1.43. The first kappa shape index (κ1) is 19.2. The molecular weight excluding hydrogens is 380 g/mol. The van der Waals surface area contributed by atoms with E-state index in [0.717, 1.165) is 27.3 Å². The second-order valence-electron chi connectivity index (χ2n) is 7.13. The van der Waals surface area contributed by atoms with Gasteiger partial charge in [0.25, 0.3) is 5.91 Å². The van der Waals surface area contributed by atoms with E-state index in [1.807, 2.05) is 55.5 Å². The zero-order valence-electron chi connectivity index (χ0n) is 16.6. The zero-order valence-corrected chi connectivity index (χ0v) is 17.4. The molecule has 0 aliphatic rings. The van der Waals surface area contributed by atoms with E-state index in [2.05, 4.69) is 30.4 Å². The molecule has 4 aromatic rings. The van der Waals surface area contributed by atoms with Crippen LogP contribution < -0.4 is 10.1 Å². The molecule has 0 aliphatic heterocycles.